The number of nitrogens with zero attached hydrogens (tertiary/aromatic N) is 1. The minimum atomic E-state index is -2.35. The Morgan fingerprint density at radius 2 is 2.04 bits per heavy atom. The molecule has 1 aromatic carbocycles. The zero-order chi connectivity index (χ0) is 17.2. The van der Waals surface area contributed by atoms with Gasteiger partial charge in [0.25, 0.3) is 5.91 Å². The van der Waals surface area contributed by atoms with Crippen molar-refractivity contribution in [2.75, 3.05) is 13.1 Å². The van der Waals surface area contributed by atoms with Crippen molar-refractivity contribution < 1.29 is 23.8 Å². The number of hydrogen-bond donors (Lipinski definition) is 1. The molecule has 1 aromatic rings. The van der Waals surface area contributed by atoms with Gasteiger partial charge < -0.3 is 14.7 Å². The Balaban J connectivity index is 2.01. The molecule has 1 fully saturated rings. The topological polar surface area (TPSA) is 66.8 Å². The number of halogens is 1. The summed E-state index contributed by atoms with van der Waals surface area (Å²) in [6.07, 6.45) is -0.988. The summed E-state index contributed by atoms with van der Waals surface area (Å²) in [6.45, 7) is 5.36. The molecule has 2 unspecified atom stereocenters. The molecule has 1 saturated heterocycles. The Bertz CT molecular complexity index is 604. The number of carboxylic acid groups (broad SMARTS) is 1. The van der Waals surface area contributed by atoms with Gasteiger partial charge in [-0.2, -0.15) is 0 Å². The van der Waals surface area contributed by atoms with Crippen LogP contribution < -0.4 is 4.74 Å². The number of likely N-dealkylation sites (tertiary alicyclic amines) is 1. The van der Waals surface area contributed by atoms with Gasteiger partial charge in [-0.05, 0) is 30.5 Å². The summed E-state index contributed by atoms with van der Waals surface area (Å²) in [6, 6.07) is 7.47. The minimum absolute atomic E-state index is 0.0847. The quantitative estimate of drug-likeness (QED) is 0.904. The second kappa shape index (κ2) is 6.56. The van der Waals surface area contributed by atoms with Crippen molar-refractivity contribution in [1.82, 2.24) is 4.90 Å². The lowest BCUT2D eigenvalue weighted by molar-refractivity contribution is -0.150. The number of rotatable bonds is 5. The Morgan fingerprint density at radius 1 is 1.35 bits per heavy atom. The van der Waals surface area contributed by atoms with Gasteiger partial charge in [0.1, 0.15) is 5.75 Å². The molecule has 0 radical (unpaired) electrons. The summed E-state index contributed by atoms with van der Waals surface area (Å²) in [4.78, 5) is 24.4. The van der Waals surface area contributed by atoms with Crippen LogP contribution in [0.4, 0.5) is 4.39 Å². The molecular weight excluding hydrogens is 301 g/mol. The summed E-state index contributed by atoms with van der Waals surface area (Å²) < 4.78 is 19.7. The Hall–Kier alpha value is -2.11. The van der Waals surface area contributed by atoms with Gasteiger partial charge in [-0.25, -0.2) is 9.18 Å². The van der Waals surface area contributed by atoms with Crippen LogP contribution in [0, 0.1) is 0 Å². The molecule has 2 rings (SSSR count). The Labute approximate surface area is 135 Å². The monoisotopic (exact) mass is 323 g/mol. The average molecular weight is 323 g/mol. The van der Waals surface area contributed by atoms with E-state index in [1.165, 1.54) is 4.90 Å². The number of carboxylic acids is 1. The SMILES string of the molecule is CC(Oc1cccc(C(C)C)c1)C(=O)N1CCC(F)(C(=O)O)C1. The Kier molecular flexibility index (Phi) is 4.92. The van der Waals surface area contributed by atoms with Crippen LogP contribution in [-0.4, -0.2) is 46.7 Å². The maximum atomic E-state index is 14.0. The van der Waals surface area contributed by atoms with E-state index in [9.17, 15) is 14.0 Å². The second-order valence-electron chi connectivity index (χ2n) is 6.27. The van der Waals surface area contributed by atoms with Gasteiger partial charge in [0.2, 0.25) is 5.67 Å². The minimum Gasteiger partial charge on any atom is -0.481 e. The van der Waals surface area contributed by atoms with E-state index in [4.69, 9.17) is 9.84 Å². The molecule has 1 aliphatic rings. The third kappa shape index (κ3) is 3.81. The predicted molar refractivity (Wildman–Crippen MR) is 83.3 cm³/mol. The number of alkyl halides is 1. The summed E-state index contributed by atoms with van der Waals surface area (Å²) in [5.74, 6) is -1.02. The second-order valence-corrected chi connectivity index (χ2v) is 6.27. The van der Waals surface area contributed by atoms with Crippen LogP contribution in [0.1, 0.15) is 38.7 Å². The third-order valence-corrected chi connectivity index (χ3v) is 4.10. The van der Waals surface area contributed by atoms with E-state index >= 15 is 0 Å². The van der Waals surface area contributed by atoms with Gasteiger partial charge in [0, 0.05) is 13.0 Å². The molecular formula is C17H22FNO4. The molecule has 0 bridgehead atoms. The number of benzene rings is 1. The van der Waals surface area contributed by atoms with Crippen LogP contribution in [0.5, 0.6) is 5.75 Å². The van der Waals surface area contributed by atoms with E-state index in [0.29, 0.717) is 11.7 Å². The number of amides is 1. The van der Waals surface area contributed by atoms with Crippen LogP contribution in [0.3, 0.4) is 0 Å². The van der Waals surface area contributed by atoms with E-state index in [1.807, 2.05) is 18.2 Å². The van der Waals surface area contributed by atoms with Crippen molar-refractivity contribution in [3.63, 3.8) is 0 Å². The standard InChI is InChI=1S/C17H22FNO4/c1-11(2)13-5-4-6-14(9-13)23-12(3)15(20)19-8-7-17(18,10-19)16(21)22/h4-6,9,11-12H,7-8,10H2,1-3H3,(H,21,22). The highest BCUT2D eigenvalue weighted by Gasteiger charge is 2.47. The van der Waals surface area contributed by atoms with Crippen molar-refractivity contribution in [3.05, 3.63) is 29.8 Å². The highest BCUT2D eigenvalue weighted by atomic mass is 19.1. The first-order valence-electron chi connectivity index (χ1n) is 7.70. The fraction of sp³-hybridized carbons (Fsp3) is 0.529. The summed E-state index contributed by atoms with van der Waals surface area (Å²) >= 11 is 0. The number of carbonyl (C=O) groups excluding carboxylic acids is 1. The van der Waals surface area contributed by atoms with Crippen LogP contribution in [0.2, 0.25) is 0 Å². The molecule has 0 saturated carbocycles. The summed E-state index contributed by atoms with van der Waals surface area (Å²) in [5.41, 5.74) is -1.26. The fourth-order valence-electron chi connectivity index (χ4n) is 2.59. The number of hydrogen-bond acceptors (Lipinski definition) is 3. The normalized spacial score (nSPS) is 22.2. The highest BCUT2D eigenvalue weighted by molar-refractivity contribution is 5.84. The molecule has 6 heteroatoms. The molecule has 0 aliphatic carbocycles. The van der Waals surface area contributed by atoms with Crippen LogP contribution in [0.25, 0.3) is 0 Å². The first-order chi connectivity index (χ1) is 10.7. The molecule has 1 amide bonds. The molecule has 2 atom stereocenters. The molecule has 0 spiro atoms. The number of aliphatic carboxylic acids is 1. The zero-order valence-corrected chi connectivity index (χ0v) is 13.6. The van der Waals surface area contributed by atoms with E-state index in [0.717, 1.165) is 5.56 Å². The van der Waals surface area contributed by atoms with Crippen molar-refractivity contribution in [1.29, 1.82) is 0 Å². The van der Waals surface area contributed by atoms with E-state index in [2.05, 4.69) is 13.8 Å². The van der Waals surface area contributed by atoms with E-state index < -0.39 is 30.2 Å². The summed E-state index contributed by atoms with van der Waals surface area (Å²) in [7, 11) is 0. The lowest BCUT2D eigenvalue weighted by atomic mass is 10.0. The van der Waals surface area contributed by atoms with Crippen molar-refractivity contribution >= 4 is 11.9 Å². The first kappa shape index (κ1) is 17.2. The summed E-state index contributed by atoms with van der Waals surface area (Å²) in [5, 5.41) is 8.88. The lowest BCUT2D eigenvalue weighted by Gasteiger charge is -2.22. The third-order valence-electron chi connectivity index (χ3n) is 4.10. The van der Waals surface area contributed by atoms with E-state index in [-0.39, 0.29) is 13.0 Å². The zero-order valence-electron chi connectivity index (χ0n) is 13.6. The maximum Gasteiger partial charge on any atom is 0.343 e. The molecule has 126 valence electrons. The molecule has 1 N–H and O–H groups in total. The van der Waals surface area contributed by atoms with Crippen molar-refractivity contribution in [2.24, 2.45) is 0 Å². The largest absolute Gasteiger partial charge is 0.481 e. The number of ether oxygens (including phenoxy) is 1. The van der Waals surface area contributed by atoms with Gasteiger partial charge in [-0.15, -0.1) is 0 Å². The highest BCUT2D eigenvalue weighted by Crippen LogP contribution is 2.27. The maximum absolute atomic E-state index is 14.0. The van der Waals surface area contributed by atoms with Crippen LogP contribution >= 0.6 is 0 Å². The van der Waals surface area contributed by atoms with Gasteiger partial charge in [0.15, 0.2) is 6.10 Å². The van der Waals surface area contributed by atoms with Gasteiger partial charge in [-0.1, -0.05) is 26.0 Å². The van der Waals surface area contributed by atoms with Gasteiger partial charge in [0.05, 0.1) is 6.54 Å². The number of carbonyl (C=O) groups is 2. The predicted octanol–water partition coefficient (Wildman–Crippen LogP) is 2.60. The van der Waals surface area contributed by atoms with Crippen LogP contribution in [-0.2, 0) is 9.59 Å². The van der Waals surface area contributed by atoms with Crippen molar-refractivity contribution in [2.45, 2.75) is 44.9 Å². The Morgan fingerprint density at radius 3 is 2.61 bits per heavy atom. The molecule has 1 heterocycles. The van der Waals surface area contributed by atoms with E-state index in [1.54, 1.807) is 13.0 Å². The average Bonchev–Trinajstić information content (AvgIpc) is 2.90. The molecule has 0 aromatic heterocycles. The molecule has 23 heavy (non-hydrogen) atoms. The molecule has 1 aliphatic heterocycles. The smallest absolute Gasteiger partial charge is 0.343 e. The van der Waals surface area contributed by atoms with Crippen molar-refractivity contribution in [3.8, 4) is 5.75 Å². The van der Waals surface area contributed by atoms with Crippen LogP contribution in [0.15, 0.2) is 24.3 Å². The fourth-order valence-corrected chi connectivity index (χ4v) is 2.59. The van der Waals surface area contributed by atoms with Gasteiger partial charge in [-0.3, -0.25) is 4.79 Å². The lowest BCUT2D eigenvalue weighted by Crippen LogP contribution is -2.43. The first-order valence-corrected chi connectivity index (χ1v) is 7.70. The van der Waals surface area contributed by atoms with Gasteiger partial charge >= 0.3 is 5.97 Å². The molecule has 5 nitrogen and oxygen atoms in total.